The van der Waals surface area contributed by atoms with Gasteiger partial charge < -0.3 is 13.9 Å². The monoisotopic (exact) mass is 364 g/mol. The van der Waals surface area contributed by atoms with Crippen LogP contribution in [0.15, 0.2) is 47.1 Å². The third kappa shape index (κ3) is 3.66. The van der Waals surface area contributed by atoms with Crippen molar-refractivity contribution < 1.29 is 18.7 Å². The number of furan rings is 1. The smallest absolute Gasteiger partial charge is 0.310 e. The van der Waals surface area contributed by atoms with Crippen LogP contribution >= 0.6 is 23.2 Å². The van der Waals surface area contributed by atoms with Gasteiger partial charge >= 0.3 is 5.97 Å². The average molecular weight is 365 g/mol. The Hall–Kier alpha value is -2.17. The number of carbonyl (C=O) groups is 1. The molecule has 3 aromatic rings. The second kappa shape index (κ2) is 7.16. The van der Waals surface area contributed by atoms with Crippen molar-refractivity contribution in [2.75, 3.05) is 7.11 Å². The molecule has 3 rings (SSSR count). The van der Waals surface area contributed by atoms with Crippen molar-refractivity contribution in [3.05, 3.63) is 63.8 Å². The lowest BCUT2D eigenvalue weighted by molar-refractivity contribution is -0.144. The molecule has 0 atom stereocenters. The highest BCUT2D eigenvalue weighted by Gasteiger charge is 2.13. The molecule has 0 spiro atoms. The third-order valence-electron chi connectivity index (χ3n) is 3.60. The molecule has 24 heavy (non-hydrogen) atoms. The highest BCUT2D eigenvalue weighted by molar-refractivity contribution is 6.35. The van der Waals surface area contributed by atoms with Gasteiger partial charge in [0.2, 0.25) is 0 Å². The van der Waals surface area contributed by atoms with Gasteiger partial charge in [-0.2, -0.15) is 0 Å². The summed E-state index contributed by atoms with van der Waals surface area (Å²) in [4.78, 5) is 12.1. The van der Waals surface area contributed by atoms with E-state index in [0.29, 0.717) is 26.9 Å². The summed E-state index contributed by atoms with van der Waals surface area (Å²) < 4.78 is 15.9. The maximum Gasteiger partial charge on any atom is 0.310 e. The summed E-state index contributed by atoms with van der Waals surface area (Å²) in [5.74, 6) is 0.336. The predicted octanol–water partition coefficient (Wildman–Crippen LogP) is 5.03. The molecular formula is C18H14Cl2O4. The first-order valence-electron chi connectivity index (χ1n) is 7.20. The first-order chi connectivity index (χ1) is 11.6. The van der Waals surface area contributed by atoms with Gasteiger partial charge in [0.25, 0.3) is 0 Å². The van der Waals surface area contributed by atoms with Crippen molar-refractivity contribution >= 4 is 40.1 Å². The molecule has 0 bridgehead atoms. The molecule has 0 saturated heterocycles. The zero-order valence-corrected chi connectivity index (χ0v) is 14.4. The van der Waals surface area contributed by atoms with E-state index in [1.165, 1.54) is 0 Å². The van der Waals surface area contributed by atoms with Crippen LogP contribution in [0.3, 0.4) is 0 Å². The van der Waals surface area contributed by atoms with Gasteiger partial charge in [0.05, 0.1) is 19.8 Å². The molecule has 0 N–H and O–H groups in total. The summed E-state index contributed by atoms with van der Waals surface area (Å²) in [5.41, 5.74) is 2.13. The molecule has 124 valence electrons. The normalized spacial score (nSPS) is 10.8. The largest absolute Gasteiger partial charge is 0.497 e. The SMILES string of the molecule is COc1ccc2c(CC(=O)OCc3ccc(Cl)cc3Cl)coc2c1. The number of ether oxygens (including phenoxy) is 2. The number of benzene rings is 2. The molecule has 0 saturated carbocycles. The van der Waals surface area contributed by atoms with E-state index in [9.17, 15) is 4.79 Å². The minimum absolute atomic E-state index is 0.0957. The zero-order chi connectivity index (χ0) is 17.1. The van der Waals surface area contributed by atoms with E-state index in [1.54, 1.807) is 37.6 Å². The van der Waals surface area contributed by atoms with E-state index in [4.69, 9.17) is 37.1 Å². The molecule has 0 unspecified atom stereocenters. The quantitative estimate of drug-likeness (QED) is 0.595. The maximum absolute atomic E-state index is 12.1. The van der Waals surface area contributed by atoms with E-state index in [1.807, 2.05) is 12.1 Å². The lowest BCUT2D eigenvalue weighted by atomic mass is 10.1. The second-order valence-electron chi connectivity index (χ2n) is 5.20. The van der Waals surface area contributed by atoms with Crippen LogP contribution in [0, 0.1) is 0 Å². The molecule has 0 aliphatic rings. The van der Waals surface area contributed by atoms with E-state index in [0.717, 1.165) is 10.9 Å². The fourth-order valence-electron chi connectivity index (χ4n) is 2.33. The summed E-state index contributed by atoms with van der Waals surface area (Å²) in [6.45, 7) is 0.0957. The second-order valence-corrected chi connectivity index (χ2v) is 6.04. The van der Waals surface area contributed by atoms with Gasteiger partial charge in [-0.05, 0) is 24.3 Å². The van der Waals surface area contributed by atoms with Crippen LogP contribution in [0.1, 0.15) is 11.1 Å². The van der Waals surface area contributed by atoms with Crippen molar-refractivity contribution in [2.24, 2.45) is 0 Å². The molecule has 6 heteroatoms. The summed E-state index contributed by atoms with van der Waals surface area (Å²) in [5, 5.41) is 1.86. The Morgan fingerprint density at radius 3 is 2.71 bits per heavy atom. The van der Waals surface area contributed by atoms with Crippen molar-refractivity contribution in [1.82, 2.24) is 0 Å². The van der Waals surface area contributed by atoms with Crippen molar-refractivity contribution in [3.8, 4) is 5.75 Å². The molecule has 0 aliphatic carbocycles. The van der Waals surface area contributed by atoms with Gasteiger partial charge in [-0.3, -0.25) is 4.79 Å². The zero-order valence-electron chi connectivity index (χ0n) is 12.8. The van der Waals surface area contributed by atoms with Gasteiger partial charge in [-0.25, -0.2) is 0 Å². The van der Waals surface area contributed by atoms with Crippen LogP contribution < -0.4 is 4.74 Å². The fourth-order valence-corrected chi connectivity index (χ4v) is 2.79. The van der Waals surface area contributed by atoms with Gasteiger partial charge in [0.15, 0.2) is 0 Å². The van der Waals surface area contributed by atoms with Crippen molar-refractivity contribution in [3.63, 3.8) is 0 Å². The van der Waals surface area contributed by atoms with Crippen LogP contribution in [-0.4, -0.2) is 13.1 Å². The molecule has 0 fully saturated rings. The van der Waals surface area contributed by atoms with Crippen molar-refractivity contribution in [1.29, 1.82) is 0 Å². The van der Waals surface area contributed by atoms with Crippen LogP contribution in [0.25, 0.3) is 11.0 Å². The standard InChI is InChI=1S/C18H14Cl2O4/c1-22-14-4-5-15-12(10-23-17(15)8-14)6-18(21)24-9-11-2-3-13(19)7-16(11)20/h2-5,7-8,10H,6,9H2,1H3. The highest BCUT2D eigenvalue weighted by atomic mass is 35.5. The number of hydrogen-bond donors (Lipinski definition) is 0. The van der Waals surface area contributed by atoms with Crippen molar-refractivity contribution in [2.45, 2.75) is 13.0 Å². The predicted molar refractivity (Wildman–Crippen MR) is 92.7 cm³/mol. The molecule has 1 aromatic heterocycles. The van der Waals surface area contributed by atoms with Crippen LogP contribution in [-0.2, 0) is 22.6 Å². The number of carbonyl (C=O) groups excluding carboxylic acids is 1. The summed E-state index contributed by atoms with van der Waals surface area (Å²) >= 11 is 11.9. The van der Waals surface area contributed by atoms with Crippen LogP contribution in [0.2, 0.25) is 10.0 Å². The maximum atomic E-state index is 12.1. The van der Waals surface area contributed by atoms with Gasteiger partial charge in [-0.15, -0.1) is 0 Å². The van der Waals surface area contributed by atoms with E-state index < -0.39 is 0 Å². The van der Waals surface area contributed by atoms with E-state index >= 15 is 0 Å². The molecule has 0 aliphatic heterocycles. The van der Waals surface area contributed by atoms with E-state index in [2.05, 4.69) is 0 Å². The number of esters is 1. The Kier molecular flexibility index (Phi) is 4.97. The number of methoxy groups -OCH3 is 1. The Morgan fingerprint density at radius 2 is 1.96 bits per heavy atom. The number of halogens is 2. The Morgan fingerprint density at radius 1 is 1.12 bits per heavy atom. The molecule has 0 radical (unpaired) electrons. The minimum atomic E-state index is -0.362. The molecule has 2 aromatic carbocycles. The summed E-state index contributed by atoms with van der Waals surface area (Å²) in [7, 11) is 1.59. The first-order valence-corrected chi connectivity index (χ1v) is 7.96. The third-order valence-corrected chi connectivity index (χ3v) is 4.19. The molecule has 0 amide bonds. The lowest BCUT2D eigenvalue weighted by Gasteiger charge is -2.06. The molecular weight excluding hydrogens is 351 g/mol. The Labute approximate surface area is 148 Å². The van der Waals surface area contributed by atoms with E-state index in [-0.39, 0.29) is 19.0 Å². The molecule has 1 heterocycles. The molecule has 4 nitrogen and oxygen atoms in total. The lowest BCUT2D eigenvalue weighted by Crippen LogP contribution is -2.08. The minimum Gasteiger partial charge on any atom is -0.497 e. The topological polar surface area (TPSA) is 48.7 Å². The van der Waals surface area contributed by atoms with Gasteiger partial charge in [-0.1, -0.05) is 29.3 Å². The number of hydrogen-bond acceptors (Lipinski definition) is 4. The number of fused-ring (bicyclic) bond motifs is 1. The Bertz CT molecular complexity index is 886. The summed E-state index contributed by atoms with van der Waals surface area (Å²) in [6.07, 6.45) is 1.67. The average Bonchev–Trinajstić information content (AvgIpc) is 2.96. The van der Waals surface area contributed by atoms with Gasteiger partial charge in [0.1, 0.15) is 17.9 Å². The first kappa shape index (κ1) is 16.7. The highest BCUT2D eigenvalue weighted by Crippen LogP contribution is 2.26. The van der Waals surface area contributed by atoms with Crippen LogP contribution in [0.4, 0.5) is 0 Å². The summed E-state index contributed by atoms with van der Waals surface area (Å²) in [6, 6.07) is 10.5. The van der Waals surface area contributed by atoms with Gasteiger partial charge in [0, 0.05) is 32.6 Å². The Balaban J connectivity index is 1.66. The number of rotatable bonds is 5. The van der Waals surface area contributed by atoms with Crippen LogP contribution in [0.5, 0.6) is 5.75 Å². The fraction of sp³-hybridized carbons (Fsp3) is 0.167.